The Labute approximate surface area is 96.8 Å². The highest BCUT2D eigenvalue weighted by Crippen LogP contribution is 2.25. The minimum Gasteiger partial charge on any atom is -0.491 e. The number of ether oxygens (including phenoxy) is 1. The predicted octanol–water partition coefficient (Wildman–Crippen LogP) is 2.23. The predicted molar refractivity (Wildman–Crippen MR) is 64.4 cm³/mol. The quantitative estimate of drug-likeness (QED) is 0.843. The molecule has 3 heteroatoms. The van der Waals surface area contributed by atoms with Gasteiger partial charge in [0.2, 0.25) is 0 Å². The maximum atomic E-state index is 8.50. The summed E-state index contributed by atoms with van der Waals surface area (Å²) in [6, 6.07) is 5.93. The molecule has 0 amide bonds. The summed E-state index contributed by atoms with van der Waals surface area (Å²) in [6.45, 7) is 6.49. The van der Waals surface area contributed by atoms with E-state index in [1.165, 1.54) is 5.56 Å². The molecule has 0 bridgehead atoms. The first kappa shape index (κ1) is 12.5. The van der Waals surface area contributed by atoms with Crippen molar-refractivity contribution in [2.45, 2.75) is 33.2 Å². The zero-order valence-corrected chi connectivity index (χ0v) is 10.1. The molecular weight excluding hydrogens is 200 g/mol. The van der Waals surface area contributed by atoms with E-state index in [0.29, 0.717) is 13.0 Å². The minimum absolute atomic E-state index is 0.218. The number of hydrogen-bond donors (Lipinski definition) is 1. The first-order valence-corrected chi connectivity index (χ1v) is 5.38. The van der Waals surface area contributed by atoms with Crippen LogP contribution in [0.3, 0.4) is 0 Å². The Kier molecular flexibility index (Phi) is 4.33. The van der Waals surface area contributed by atoms with E-state index in [1.54, 1.807) is 0 Å². The van der Waals surface area contributed by atoms with Gasteiger partial charge in [-0.3, -0.25) is 0 Å². The normalized spacial score (nSPS) is 11.9. The molecule has 0 aromatic heterocycles. The molecule has 0 heterocycles. The summed E-state index contributed by atoms with van der Waals surface area (Å²) in [4.78, 5) is 0. The summed E-state index contributed by atoms with van der Waals surface area (Å²) < 4.78 is 5.69. The van der Waals surface area contributed by atoms with Crippen LogP contribution in [-0.2, 0) is 0 Å². The third-order valence-electron chi connectivity index (χ3n) is 2.67. The number of nitriles is 1. The fourth-order valence-electron chi connectivity index (χ4n) is 1.51. The van der Waals surface area contributed by atoms with Crippen molar-refractivity contribution >= 4 is 0 Å². The summed E-state index contributed by atoms with van der Waals surface area (Å²) in [5, 5.41) is 8.50. The zero-order valence-electron chi connectivity index (χ0n) is 10.1. The molecule has 0 aliphatic heterocycles. The van der Waals surface area contributed by atoms with Crippen molar-refractivity contribution in [1.82, 2.24) is 0 Å². The van der Waals surface area contributed by atoms with Crippen LogP contribution in [0.25, 0.3) is 0 Å². The van der Waals surface area contributed by atoms with Crippen molar-refractivity contribution in [3.05, 3.63) is 28.8 Å². The van der Waals surface area contributed by atoms with Gasteiger partial charge in [0.1, 0.15) is 12.4 Å². The molecule has 86 valence electrons. The molecule has 1 atom stereocenters. The Hall–Kier alpha value is -1.53. The number of nitrogens with zero attached hydrogens (tertiary/aromatic N) is 1. The summed E-state index contributed by atoms with van der Waals surface area (Å²) in [5.41, 5.74) is 9.17. The summed E-state index contributed by atoms with van der Waals surface area (Å²) >= 11 is 0. The Morgan fingerprint density at radius 1 is 1.31 bits per heavy atom. The van der Waals surface area contributed by atoms with Crippen molar-refractivity contribution in [3.8, 4) is 11.8 Å². The van der Waals surface area contributed by atoms with E-state index < -0.39 is 0 Å². The van der Waals surface area contributed by atoms with E-state index in [0.717, 1.165) is 16.9 Å². The van der Waals surface area contributed by atoms with Crippen LogP contribution in [0, 0.1) is 32.1 Å². The maximum Gasteiger partial charge on any atom is 0.125 e. The Morgan fingerprint density at radius 2 is 1.94 bits per heavy atom. The molecule has 16 heavy (non-hydrogen) atoms. The fourth-order valence-corrected chi connectivity index (χ4v) is 1.51. The molecule has 0 spiro atoms. The third-order valence-corrected chi connectivity index (χ3v) is 2.67. The van der Waals surface area contributed by atoms with Crippen LogP contribution in [0.15, 0.2) is 12.1 Å². The fraction of sp³-hybridized carbons (Fsp3) is 0.462. The molecule has 0 aliphatic carbocycles. The number of hydrogen-bond acceptors (Lipinski definition) is 3. The molecule has 0 aliphatic rings. The van der Waals surface area contributed by atoms with Crippen molar-refractivity contribution in [3.63, 3.8) is 0 Å². The molecule has 1 aromatic rings. The largest absolute Gasteiger partial charge is 0.491 e. The van der Waals surface area contributed by atoms with Crippen molar-refractivity contribution in [2.75, 3.05) is 6.61 Å². The summed E-state index contributed by atoms with van der Waals surface area (Å²) in [6.07, 6.45) is 0.323. The lowest BCUT2D eigenvalue weighted by molar-refractivity contribution is 0.286. The van der Waals surface area contributed by atoms with Crippen LogP contribution in [0.2, 0.25) is 0 Å². The highest BCUT2D eigenvalue weighted by atomic mass is 16.5. The second-order valence-electron chi connectivity index (χ2n) is 4.09. The van der Waals surface area contributed by atoms with Crippen LogP contribution < -0.4 is 10.5 Å². The third kappa shape index (κ3) is 2.98. The molecule has 0 saturated heterocycles. The summed E-state index contributed by atoms with van der Waals surface area (Å²) in [5.74, 6) is 0.897. The molecule has 3 nitrogen and oxygen atoms in total. The van der Waals surface area contributed by atoms with Crippen molar-refractivity contribution in [2.24, 2.45) is 5.73 Å². The Balaban J connectivity index is 2.74. The van der Waals surface area contributed by atoms with Gasteiger partial charge in [-0.2, -0.15) is 5.26 Å². The molecule has 0 radical (unpaired) electrons. The lowest BCUT2D eigenvalue weighted by Gasteiger charge is -2.15. The summed E-state index contributed by atoms with van der Waals surface area (Å²) in [7, 11) is 0. The Morgan fingerprint density at radius 3 is 2.56 bits per heavy atom. The van der Waals surface area contributed by atoms with Gasteiger partial charge in [-0.15, -0.1) is 0 Å². The number of aryl methyl sites for hydroxylation is 2. The molecule has 2 N–H and O–H groups in total. The topological polar surface area (TPSA) is 59.0 Å². The van der Waals surface area contributed by atoms with Gasteiger partial charge in [-0.05, 0) is 37.5 Å². The van der Waals surface area contributed by atoms with Gasteiger partial charge in [0.25, 0.3) is 0 Å². The second kappa shape index (κ2) is 5.53. The highest BCUT2D eigenvalue weighted by molar-refractivity contribution is 5.44. The SMILES string of the molecule is Cc1ccc(C)c(OCC(N)CC#N)c1C. The van der Waals surface area contributed by atoms with Gasteiger partial charge in [-0.1, -0.05) is 12.1 Å². The van der Waals surface area contributed by atoms with Gasteiger partial charge in [0, 0.05) is 0 Å². The van der Waals surface area contributed by atoms with Crippen molar-refractivity contribution in [1.29, 1.82) is 5.26 Å². The molecule has 1 aromatic carbocycles. The first-order chi connectivity index (χ1) is 7.56. The molecule has 1 unspecified atom stereocenters. The monoisotopic (exact) mass is 218 g/mol. The lowest BCUT2D eigenvalue weighted by atomic mass is 10.1. The van der Waals surface area contributed by atoms with Crippen LogP contribution in [0.5, 0.6) is 5.75 Å². The minimum atomic E-state index is -0.218. The number of rotatable bonds is 4. The van der Waals surface area contributed by atoms with Gasteiger partial charge in [0.15, 0.2) is 0 Å². The van der Waals surface area contributed by atoms with E-state index >= 15 is 0 Å². The number of benzene rings is 1. The highest BCUT2D eigenvalue weighted by Gasteiger charge is 2.08. The molecule has 0 saturated carbocycles. The Bertz CT molecular complexity index is 407. The van der Waals surface area contributed by atoms with Gasteiger partial charge < -0.3 is 10.5 Å². The van der Waals surface area contributed by atoms with Crippen molar-refractivity contribution < 1.29 is 4.74 Å². The first-order valence-electron chi connectivity index (χ1n) is 5.38. The van der Waals surface area contributed by atoms with Crippen LogP contribution >= 0.6 is 0 Å². The average Bonchev–Trinajstić information content (AvgIpc) is 2.24. The van der Waals surface area contributed by atoms with Gasteiger partial charge in [-0.25, -0.2) is 0 Å². The van der Waals surface area contributed by atoms with Crippen LogP contribution in [-0.4, -0.2) is 12.6 Å². The van der Waals surface area contributed by atoms with Gasteiger partial charge >= 0.3 is 0 Å². The van der Waals surface area contributed by atoms with E-state index in [-0.39, 0.29) is 6.04 Å². The maximum absolute atomic E-state index is 8.50. The van der Waals surface area contributed by atoms with E-state index in [9.17, 15) is 0 Å². The standard InChI is InChI=1S/C13H18N2O/c1-9-4-5-10(2)13(11(9)3)16-8-12(15)6-7-14/h4-5,12H,6,8,15H2,1-3H3. The molecular formula is C13H18N2O. The van der Waals surface area contributed by atoms with E-state index in [2.05, 4.69) is 13.0 Å². The molecule has 0 fully saturated rings. The van der Waals surface area contributed by atoms with E-state index in [1.807, 2.05) is 26.0 Å². The zero-order chi connectivity index (χ0) is 12.1. The van der Waals surface area contributed by atoms with Gasteiger partial charge in [0.05, 0.1) is 18.5 Å². The lowest BCUT2D eigenvalue weighted by Crippen LogP contribution is -2.27. The number of nitrogens with two attached hydrogens (primary N) is 1. The van der Waals surface area contributed by atoms with Crippen LogP contribution in [0.4, 0.5) is 0 Å². The molecule has 1 rings (SSSR count). The average molecular weight is 218 g/mol. The van der Waals surface area contributed by atoms with Crippen LogP contribution in [0.1, 0.15) is 23.1 Å². The second-order valence-corrected chi connectivity index (χ2v) is 4.09. The van der Waals surface area contributed by atoms with E-state index in [4.69, 9.17) is 15.7 Å². The smallest absolute Gasteiger partial charge is 0.125 e.